The highest BCUT2D eigenvalue weighted by Gasteiger charge is 2.47. The lowest BCUT2D eigenvalue weighted by molar-refractivity contribution is -0.0729. The summed E-state index contributed by atoms with van der Waals surface area (Å²) >= 11 is 0. The molecule has 4 aliphatic rings. The van der Waals surface area contributed by atoms with Gasteiger partial charge in [-0.25, -0.2) is 0 Å². The van der Waals surface area contributed by atoms with Crippen molar-refractivity contribution in [1.82, 2.24) is 19.6 Å². The summed E-state index contributed by atoms with van der Waals surface area (Å²) in [5, 5.41) is 0. The van der Waals surface area contributed by atoms with Gasteiger partial charge in [-0.2, -0.15) is 0 Å². The highest BCUT2D eigenvalue weighted by molar-refractivity contribution is 5.04. The van der Waals surface area contributed by atoms with E-state index in [-0.39, 0.29) is 0 Å². The van der Waals surface area contributed by atoms with E-state index in [4.69, 9.17) is 0 Å². The number of rotatable bonds is 2. The smallest absolute Gasteiger partial charge is 0.0357 e. The van der Waals surface area contributed by atoms with Crippen LogP contribution in [0.4, 0.5) is 0 Å². The molecule has 18 heavy (non-hydrogen) atoms. The van der Waals surface area contributed by atoms with Crippen molar-refractivity contribution < 1.29 is 0 Å². The summed E-state index contributed by atoms with van der Waals surface area (Å²) in [5.41, 5.74) is 0. The zero-order chi connectivity index (χ0) is 12.3. The number of piperazine rings is 1. The predicted octanol–water partition coefficient (Wildman–Crippen LogP) is -0.237. The molecule has 2 bridgehead atoms. The molecule has 0 saturated carbocycles. The number of likely N-dealkylation sites (N-methyl/N-ethyl adjacent to an activating group) is 2. The molecule has 4 heterocycles. The zero-order valence-electron chi connectivity index (χ0n) is 11.8. The van der Waals surface area contributed by atoms with Gasteiger partial charge in [0.25, 0.3) is 0 Å². The van der Waals surface area contributed by atoms with Crippen molar-refractivity contribution in [3.63, 3.8) is 0 Å². The van der Waals surface area contributed by atoms with Crippen LogP contribution in [0.2, 0.25) is 0 Å². The maximum atomic E-state index is 2.89. The first kappa shape index (κ1) is 11.6. The molecule has 4 rings (SSSR count). The Hall–Kier alpha value is -0.160. The molecule has 0 spiro atoms. The second-order valence-electron chi connectivity index (χ2n) is 7.04. The third kappa shape index (κ3) is 1.73. The monoisotopic (exact) mass is 250 g/mol. The molecule has 0 amide bonds. The standard InChI is InChI=1S/C14H26N4/c1-15-5-11-3-4-12(6-15)18(11)14-9-17(10-14)13-7-16(2)8-13/h11-14H,3-10H2,1-2H3. The van der Waals surface area contributed by atoms with Crippen molar-refractivity contribution in [3.05, 3.63) is 0 Å². The van der Waals surface area contributed by atoms with E-state index in [1.807, 2.05) is 0 Å². The Morgan fingerprint density at radius 1 is 0.611 bits per heavy atom. The predicted molar refractivity (Wildman–Crippen MR) is 72.8 cm³/mol. The third-order valence-electron chi connectivity index (χ3n) is 5.59. The molecule has 0 aromatic carbocycles. The van der Waals surface area contributed by atoms with Gasteiger partial charge in [0.05, 0.1) is 0 Å². The topological polar surface area (TPSA) is 13.0 Å². The lowest BCUT2D eigenvalue weighted by atomic mass is 9.97. The SMILES string of the molecule is CN1CC(N2CC(N3C4CCC3CN(C)C4)C2)C1. The quantitative estimate of drug-likeness (QED) is 0.671. The zero-order valence-corrected chi connectivity index (χ0v) is 11.8. The number of fused-ring (bicyclic) bond motifs is 2. The summed E-state index contributed by atoms with van der Waals surface area (Å²) in [4.78, 5) is 10.6. The first-order valence-corrected chi connectivity index (χ1v) is 7.59. The van der Waals surface area contributed by atoms with E-state index >= 15 is 0 Å². The lowest BCUT2D eigenvalue weighted by Gasteiger charge is -2.56. The number of nitrogens with zero attached hydrogens (tertiary/aromatic N) is 4. The average Bonchev–Trinajstić information content (AvgIpc) is 2.48. The Kier molecular flexibility index (Phi) is 2.70. The average molecular weight is 250 g/mol. The Morgan fingerprint density at radius 3 is 1.67 bits per heavy atom. The summed E-state index contributed by atoms with van der Waals surface area (Å²) in [5.74, 6) is 0. The van der Waals surface area contributed by atoms with E-state index in [1.165, 1.54) is 52.1 Å². The largest absolute Gasteiger partial charge is 0.303 e. The molecule has 2 atom stereocenters. The van der Waals surface area contributed by atoms with Crippen molar-refractivity contribution in [2.24, 2.45) is 0 Å². The minimum atomic E-state index is 0.866. The van der Waals surface area contributed by atoms with Crippen LogP contribution in [0.3, 0.4) is 0 Å². The van der Waals surface area contributed by atoms with Crippen LogP contribution in [-0.4, -0.2) is 97.1 Å². The van der Waals surface area contributed by atoms with Crippen LogP contribution in [0.25, 0.3) is 0 Å². The van der Waals surface area contributed by atoms with Gasteiger partial charge in [-0.05, 0) is 26.9 Å². The van der Waals surface area contributed by atoms with Gasteiger partial charge >= 0.3 is 0 Å². The van der Waals surface area contributed by atoms with Crippen molar-refractivity contribution >= 4 is 0 Å². The first-order chi connectivity index (χ1) is 8.70. The van der Waals surface area contributed by atoms with E-state index < -0.39 is 0 Å². The fraction of sp³-hybridized carbons (Fsp3) is 1.00. The Labute approximate surface area is 110 Å². The van der Waals surface area contributed by atoms with Gasteiger partial charge in [-0.15, -0.1) is 0 Å². The van der Waals surface area contributed by atoms with Crippen molar-refractivity contribution in [2.75, 3.05) is 53.4 Å². The molecule has 4 heteroatoms. The van der Waals surface area contributed by atoms with E-state index in [0.717, 1.165) is 24.2 Å². The molecular formula is C14H26N4. The van der Waals surface area contributed by atoms with Crippen LogP contribution < -0.4 is 0 Å². The van der Waals surface area contributed by atoms with E-state index in [2.05, 4.69) is 33.7 Å². The minimum Gasteiger partial charge on any atom is -0.303 e. The van der Waals surface area contributed by atoms with Gasteiger partial charge in [-0.3, -0.25) is 9.80 Å². The second kappa shape index (κ2) is 4.17. The summed E-state index contributed by atoms with van der Waals surface area (Å²) in [6.07, 6.45) is 2.88. The maximum absolute atomic E-state index is 2.89. The van der Waals surface area contributed by atoms with Gasteiger partial charge in [0.1, 0.15) is 0 Å². The summed E-state index contributed by atoms with van der Waals surface area (Å²) in [7, 11) is 4.52. The fourth-order valence-electron chi connectivity index (χ4n) is 4.61. The van der Waals surface area contributed by atoms with E-state index in [0.29, 0.717) is 0 Å². The highest BCUT2D eigenvalue weighted by Crippen LogP contribution is 2.35. The fourth-order valence-corrected chi connectivity index (χ4v) is 4.61. The summed E-state index contributed by atoms with van der Waals surface area (Å²) < 4.78 is 0. The molecule has 0 aromatic rings. The molecule has 4 saturated heterocycles. The first-order valence-electron chi connectivity index (χ1n) is 7.59. The van der Waals surface area contributed by atoms with Gasteiger partial charge in [0, 0.05) is 63.4 Å². The van der Waals surface area contributed by atoms with E-state index in [9.17, 15) is 0 Å². The van der Waals surface area contributed by atoms with Crippen LogP contribution in [0, 0.1) is 0 Å². The molecular weight excluding hydrogens is 224 g/mol. The van der Waals surface area contributed by atoms with Crippen molar-refractivity contribution in [1.29, 1.82) is 0 Å². The summed E-state index contributed by atoms with van der Waals surface area (Å²) in [6.45, 7) is 7.88. The van der Waals surface area contributed by atoms with Crippen LogP contribution in [-0.2, 0) is 0 Å². The third-order valence-corrected chi connectivity index (χ3v) is 5.59. The Balaban J connectivity index is 1.34. The minimum absolute atomic E-state index is 0.866. The molecule has 4 nitrogen and oxygen atoms in total. The number of hydrogen-bond acceptors (Lipinski definition) is 4. The molecule has 0 N–H and O–H groups in total. The molecule has 102 valence electrons. The number of likely N-dealkylation sites (tertiary alicyclic amines) is 3. The lowest BCUT2D eigenvalue weighted by Crippen LogP contribution is -2.71. The normalized spacial score (nSPS) is 41.0. The van der Waals surface area contributed by atoms with Crippen LogP contribution in [0.1, 0.15) is 12.8 Å². The Bertz CT molecular complexity index is 308. The number of hydrogen-bond donors (Lipinski definition) is 0. The Morgan fingerprint density at radius 2 is 1.11 bits per heavy atom. The van der Waals surface area contributed by atoms with Crippen LogP contribution in [0.5, 0.6) is 0 Å². The van der Waals surface area contributed by atoms with E-state index in [1.54, 1.807) is 0 Å². The molecule has 0 aromatic heterocycles. The van der Waals surface area contributed by atoms with Crippen molar-refractivity contribution in [3.8, 4) is 0 Å². The highest BCUT2D eigenvalue weighted by atomic mass is 15.4. The maximum Gasteiger partial charge on any atom is 0.0357 e. The van der Waals surface area contributed by atoms with Gasteiger partial charge < -0.3 is 9.80 Å². The molecule has 4 fully saturated rings. The van der Waals surface area contributed by atoms with Crippen LogP contribution >= 0.6 is 0 Å². The summed E-state index contributed by atoms with van der Waals surface area (Å²) in [6, 6.07) is 3.48. The van der Waals surface area contributed by atoms with Gasteiger partial charge in [0.15, 0.2) is 0 Å². The van der Waals surface area contributed by atoms with Crippen molar-refractivity contribution in [2.45, 2.75) is 37.0 Å². The molecule has 0 radical (unpaired) electrons. The van der Waals surface area contributed by atoms with Gasteiger partial charge in [0.2, 0.25) is 0 Å². The second-order valence-corrected chi connectivity index (χ2v) is 7.04. The molecule has 0 aliphatic carbocycles. The van der Waals surface area contributed by atoms with Crippen LogP contribution in [0.15, 0.2) is 0 Å². The molecule has 2 unspecified atom stereocenters. The molecule has 4 aliphatic heterocycles. The van der Waals surface area contributed by atoms with Gasteiger partial charge in [-0.1, -0.05) is 0 Å².